The lowest BCUT2D eigenvalue weighted by Gasteiger charge is -2.16. The Labute approximate surface area is 104 Å². The predicted octanol–water partition coefficient (Wildman–Crippen LogP) is 3.31. The molecule has 1 aromatic carbocycles. The molecule has 0 aliphatic rings. The maximum atomic E-state index is 12.5. The molecule has 0 fully saturated rings. The number of primary amides is 1. The maximum Gasteiger partial charge on any atom is 0.416 e. The van der Waals surface area contributed by atoms with E-state index in [0.717, 1.165) is 6.92 Å². The Bertz CT molecular complexity index is 459. The minimum Gasteiger partial charge on any atom is -0.369 e. The van der Waals surface area contributed by atoms with Gasteiger partial charge in [-0.2, -0.15) is 26.3 Å². The molecule has 0 bridgehead atoms. The van der Waals surface area contributed by atoms with Crippen LogP contribution in [0.5, 0.6) is 0 Å². The highest BCUT2D eigenvalue weighted by atomic mass is 19.4. The molecule has 0 spiro atoms. The summed E-state index contributed by atoms with van der Waals surface area (Å²) in [5.41, 5.74) is 1.53. The molecule has 0 aromatic heterocycles. The molecule has 0 aliphatic carbocycles. The molecular weight excluding hydrogens is 276 g/mol. The number of hydrogen-bond acceptors (Lipinski definition) is 1. The van der Waals surface area contributed by atoms with Crippen LogP contribution in [0.15, 0.2) is 18.2 Å². The molecule has 0 saturated carbocycles. The quantitative estimate of drug-likeness (QED) is 0.832. The smallest absolute Gasteiger partial charge is 0.369 e. The van der Waals surface area contributed by atoms with Crippen molar-refractivity contribution in [3.8, 4) is 0 Å². The molecule has 2 nitrogen and oxygen atoms in total. The summed E-state index contributed by atoms with van der Waals surface area (Å²) in [5.74, 6) is -2.25. The molecular formula is C11H9F6NO. The standard InChI is InChI=1S/C11H9F6NO/c1-5(9(18)19)6-2-7(10(12,13)14)4-8(3-6)11(15,16)17/h2-5H,1H3,(H2,18,19)/t5-/m1/s1. The van der Waals surface area contributed by atoms with Crippen molar-refractivity contribution in [3.05, 3.63) is 34.9 Å². The molecule has 8 heteroatoms. The van der Waals surface area contributed by atoms with Crippen molar-refractivity contribution in [1.82, 2.24) is 0 Å². The van der Waals surface area contributed by atoms with E-state index in [4.69, 9.17) is 5.73 Å². The molecule has 0 saturated heterocycles. The van der Waals surface area contributed by atoms with Crippen LogP contribution in [0, 0.1) is 0 Å². The molecule has 1 aromatic rings. The summed E-state index contributed by atoms with van der Waals surface area (Å²) in [6.07, 6.45) is -9.87. The Balaban J connectivity index is 3.45. The van der Waals surface area contributed by atoms with Crippen molar-refractivity contribution < 1.29 is 31.1 Å². The lowest BCUT2D eigenvalue weighted by Crippen LogP contribution is -2.20. The fourth-order valence-electron chi connectivity index (χ4n) is 1.39. The SMILES string of the molecule is C[C@@H](C(N)=O)c1cc(C(F)(F)F)cc(C(F)(F)F)c1. The molecule has 106 valence electrons. The third-order valence-corrected chi connectivity index (χ3v) is 2.54. The number of carbonyl (C=O) groups excluding carboxylic acids is 1. The Morgan fingerprint density at radius 3 is 1.63 bits per heavy atom. The van der Waals surface area contributed by atoms with Gasteiger partial charge in [-0.05, 0) is 30.7 Å². The monoisotopic (exact) mass is 285 g/mol. The maximum absolute atomic E-state index is 12.5. The molecule has 1 amide bonds. The van der Waals surface area contributed by atoms with Crippen molar-refractivity contribution in [2.75, 3.05) is 0 Å². The Kier molecular flexibility index (Phi) is 3.83. The van der Waals surface area contributed by atoms with E-state index in [2.05, 4.69) is 0 Å². The van der Waals surface area contributed by atoms with E-state index < -0.39 is 40.9 Å². The fraction of sp³-hybridized carbons (Fsp3) is 0.364. The number of hydrogen-bond donors (Lipinski definition) is 1. The number of halogens is 6. The summed E-state index contributed by atoms with van der Waals surface area (Å²) in [7, 11) is 0. The minimum absolute atomic E-state index is 0.00276. The first-order valence-corrected chi connectivity index (χ1v) is 5.01. The zero-order valence-corrected chi connectivity index (χ0v) is 9.56. The van der Waals surface area contributed by atoms with Gasteiger partial charge in [0.1, 0.15) is 0 Å². The van der Waals surface area contributed by atoms with E-state index in [1.165, 1.54) is 0 Å². The Hall–Kier alpha value is -1.73. The highest BCUT2D eigenvalue weighted by Gasteiger charge is 2.37. The van der Waals surface area contributed by atoms with Gasteiger partial charge in [0, 0.05) is 0 Å². The van der Waals surface area contributed by atoms with Gasteiger partial charge in [0.2, 0.25) is 5.91 Å². The zero-order valence-electron chi connectivity index (χ0n) is 9.56. The lowest BCUT2D eigenvalue weighted by atomic mass is 9.95. The van der Waals surface area contributed by atoms with Crippen LogP contribution in [0.25, 0.3) is 0 Å². The summed E-state index contributed by atoms with van der Waals surface area (Å²) in [6, 6.07) is 0.979. The van der Waals surface area contributed by atoms with Gasteiger partial charge in [-0.3, -0.25) is 4.79 Å². The van der Waals surface area contributed by atoms with Crippen LogP contribution < -0.4 is 5.73 Å². The van der Waals surface area contributed by atoms with E-state index in [9.17, 15) is 31.1 Å². The van der Waals surface area contributed by atoms with Gasteiger partial charge in [-0.15, -0.1) is 0 Å². The largest absolute Gasteiger partial charge is 0.416 e. The molecule has 0 unspecified atom stereocenters. The number of alkyl halides is 6. The Morgan fingerprint density at radius 2 is 1.37 bits per heavy atom. The third-order valence-electron chi connectivity index (χ3n) is 2.54. The molecule has 1 atom stereocenters. The van der Waals surface area contributed by atoms with Gasteiger partial charge in [0.15, 0.2) is 0 Å². The summed E-state index contributed by atoms with van der Waals surface area (Å²) in [6.45, 7) is 1.14. The summed E-state index contributed by atoms with van der Waals surface area (Å²) in [5, 5.41) is 0. The first kappa shape index (κ1) is 15.3. The van der Waals surface area contributed by atoms with Crippen molar-refractivity contribution in [3.63, 3.8) is 0 Å². The molecule has 0 radical (unpaired) electrons. The van der Waals surface area contributed by atoms with Crippen LogP contribution in [0.4, 0.5) is 26.3 Å². The van der Waals surface area contributed by atoms with E-state index in [-0.39, 0.29) is 6.07 Å². The summed E-state index contributed by atoms with van der Waals surface area (Å²) in [4.78, 5) is 10.9. The summed E-state index contributed by atoms with van der Waals surface area (Å²) < 4.78 is 75.1. The molecule has 19 heavy (non-hydrogen) atoms. The molecule has 0 aliphatic heterocycles. The number of carbonyl (C=O) groups is 1. The highest BCUT2D eigenvalue weighted by Crippen LogP contribution is 2.37. The van der Waals surface area contributed by atoms with Gasteiger partial charge in [-0.25, -0.2) is 0 Å². The van der Waals surface area contributed by atoms with Crippen molar-refractivity contribution in [1.29, 1.82) is 0 Å². The van der Waals surface area contributed by atoms with Gasteiger partial charge in [-0.1, -0.05) is 0 Å². The predicted molar refractivity (Wildman–Crippen MR) is 54.1 cm³/mol. The zero-order chi connectivity index (χ0) is 15.0. The van der Waals surface area contributed by atoms with E-state index in [0.29, 0.717) is 12.1 Å². The average Bonchev–Trinajstić information content (AvgIpc) is 2.24. The number of amides is 1. The van der Waals surface area contributed by atoms with Crippen LogP contribution in [0.2, 0.25) is 0 Å². The minimum atomic E-state index is -4.94. The summed E-state index contributed by atoms with van der Waals surface area (Å²) >= 11 is 0. The van der Waals surface area contributed by atoms with Crippen LogP contribution >= 0.6 is 0 Å². The first-order valence-electron chi connectivity index (χ1n) is 5.01. The number of nitrogens with two attached hydrogens (primary N) is 1. The van der Waals surface area contributed by atoms with E-state index in [1.807, 2.05) is 0 Å². The van der Waals surface area contributed by atoms with Crippen molar-refractivity contribution >= 4 is 5.91 Å². The highest BCUT2D eigenvalue weighted by molar-refractivity contribution is 5.81. The van der Waals surface area contributed by atoms with Crippen LogP contribution in [-0.4, -0.2) is 5.91 Å². The average molecular weight is 285 g/mol. The van der Waals surface area contributed by atoms with Crippen LogP contribution in [0.1, 0.15) is 29.5 Å². The second-order valence-corrected chi connectivity index (χ2v) is 3.96. The second-order valence-electron chi connectivity index (χ2n) is 3.96. The lowest BCUT2D eigenvalue weighted by molar-refractivity contribution is -0.143. The van der Waals surface area contributed by atoms with Crippen molar-refractivity contribution in [2.45, 2.75) is 25.2 Å². The van der Waals surface area contributed by atoms with Gasteiger partial charge < -0.3 is 5.73 Å². The number of rotatable bonds is 2. The topological polar surface area (TPSA) is 43.1 Å². The Morgan fingerprint density at radius 1 is 1.00 bits per heavy atom. The fourth-order valence-corrected chi connectivity index (χ4v) is 1.39. The normalized spacial score (nSPS) is 14.3. The van der Waals surface area contributed by atoms with E-state index in [1.54, 1.807) is 0 Å². The van der Waals surface area contributed by atoms with Crippen LogP contribution in [-0.2, 0) is 17.1 Å². The first-order chi connectivity index (χ1) is 8.43. The van der Waals surface area contributed by atoms with Gasteiger partial charge in [0.05, 0.1) is 17.0 Å². The molecule has 2 N–H and O–H groups in total. The van der Waals surface area contributed by atoms with Gasteiger partial charge in [0.25, 0.3) is 0 Å². The van der Waals surface area contributed by atoms with Gasteiger partial charge >= 0.3 is 12.4 Å². The third kappa shape index (κ3) is 3.62. The van der Waals surface area contributed by atoms with E-state index >= 15 is 0 Å². The van der Waals surface area contributed by atoms with Crippen molar-refractivity contribution in [2.24, 2.45) is 5.73 Å². The molecule has 0 heterocycles. The number of benzene rings is 1. The molecule has 1 rings (SSSR count). The second kappa shape index (κ2) is 4.75. The van der Waals surface area contributed by atoms with Crippen LogP contribution in [0.3, 0.4) is 0 Å².